The number of rotatable bonds is 8. The minimum Gasteiger partial charge on any atom is -0.493 e. The number of amides is 1. The maximum atomic E-state index is 11.7. The third kappa shape index (κ3) is 4.79. The van der Waals surface area contributed by atoms with Gasteiger partial charge in [0.2, 0.25) is 0 Å². The number of hydrogen-bond donors (Lipinski definition) is 2. The van der Waals surface area contributed by atoms with Crippen molar-refractivity contribution in [1.82, 2.24) is 5.32 Å². The van der Waals surface area contributed by atoms with Crippen molar-refractivity contribution >= 4 is 11.9 Å². The van der Waals surface area contributed by atoms with E-state index in [0.717, 1.165) is 0 Å². The molecular formula is C14H19NO5. The molecule has 6 nitrogen and oxygen atoms in total. The first-order valence-corrected chi connectivity index (χ1v) is 6.36. The average molecular weight is 281 g/mol. The number of ether oxygens (including phenoxy) is 2. The zero-order chi connectivity index (χ0) is 15.0. The molecule has 1 atom stereocenters. The lowest BCUT2D eigenvalue weighted by Gasteiger charge is -2.14. The van der Waals surface area contributed by atoms with Gasteiger partial charge in [0, 0.05) is 0 Å². The second kappa shape index (κ2) is 8.04. The van der Waals surface area contributed by atoms with Gasteiger partial charge in [0.15, 0.2) is 18.1 Å². The van der Waals surface area contributed by atoms with Gasteiger partial charge < -0.3 is 19.9 Å². The maximum Gasteiger partial charge on any atom is 0.326 e. The van der Waals surface area contributed by atoms with Crippen LogP contribution in [0.2, 0.25) is 0 Å². The van der Waals surface area contributed by atoms with Crippen LogP contribution in [0.4, 0.5) is 0 Å². The van der Waals surface area contributed by atoms with Gasteiger partial charge in [0.25, 0.3) is 5.91 Å². The highest BCUT2D eigenvalue weighted by atomic mass is 16.5. The molecule has 0 unspecified atom stereocenters. The molecule has 6 heteroatoms. The normalized spacial score (nSPS) is 11.5. The highest BCUT2D eigenvalue weighted by molar-refractivity contribution is 5.84. The number of methoxy groups -OCH3 is 1. The Morgan fingerprint density at radius 1 is 1.30 bits per heavy atom. The quantitative estimate of drug-likeness (QED) is 0.753. The fraction of sp³-hybridized carbons (Fsp3) is 0.429. The zero-order valence-corrected chi connectivity index (χ0v) is 11.6. The summed E-state index contributed by atoms with van der Waals surface area (Å²) < 4.78 is 10.4. The van der Waals surface area contributed by atoms with E-state index in [-0.39, 0.29) is 6.61 Å². The van der Waals surface area contributed by atoms with Crippen LogP contribution in [-0.2, 0) is 9.59 Å². The lowest BCUT2D eigenvalue weighted by atomic mass is 10.2. The Morgan fingerprint density at radius 3 is 2.50 bits per heavy atom. The van der Waals surface area contributed by atoms with Gasteiger partial charge in [-0.25, -0.2) is 4.79 Å². The number of carboxylic acids is 1. The molecule has 0 aliphatic rings. The lowest BCUT2D eigenvalue weighted by molar-refractivity contribution is -0.142. The molecule has 20 heavy (non-hydrogen) atoms. The molecule has 0 spiro atoms. The second-order valence-electron chi connectivity index (χ2n) is 4.19. The maximum absolute atomic E-state index is 11.7. The van der Waals surface area contributed by atoms with Crippen molar-refractivity contribution in [3.63, 3.8) is 0 Å². The molecule has 1 aromatic rings. The summed E-state index contributed by atoms with van der Waals surface area (Å²) in [4.78, 5) is 22.6. The smallest absolute Gasteiger partial charge is 0.326 e. The first kappa shape index (κ1) is 15.8. The van der Waals surface area contributed by atoms with Crippen LogP contribution in [0.5, 0.6) is 11.5 Å². The van der Waals surface area contributed by atoms with Gasteiger partial charge in [0.1, 0.15) is 6.04 Å². The molecule has 1 amide bonds. The average Bonchev–Trinajstić information content (AvgIpc) is 2.44. The number of carbonyl (C=O) groups excluding carboxylic acids is 1. The molecule has 0 aromatic heterocycles. The number of nitrogens with one attached hydrogen (secondary N) is 1. The lowest BCUT2D eigenvalue weighted by Crippen LogP contribution is -2.42. The Balaban J connectivity index is 2.52. The molecule has 110 valence electrons. The molecule has 0 bridgehead atoms. The van der Waals surface area contributed by atoms with Crippen molar-refractivity contribution in [2.45, 2.75) is 25.8 Å². The van der Waals surface area contributed by atoms with Gasteiger partial charge in [-0.3, -0.25) is 4.79 Å². The summed E-state index contributed by atoms with van der Waals surface area (Å²) >= 11 is 0. The Morgan fingerprint density at radius 2 is 1.95 bits per heavy atom. The first-order chi connectivity index (χ1) is 9.58. The van der Waals surface area contributed by atoms with E-state index in [2.05, 4.69) is 5.32 Å². The Bertz CT molecular complexity index is 461. The van der Waals surface area contributed by atoms with Gasteiger partial charge in [0.05, 0.1) is 7.11 Å². The largest absolute Gasteiger partial charge is 0.493 e. The minimum absolute atomic E-state index is 0.256. The van der Waals surface area contributed by atoms with Crippen LogP contribution in [0.15, 0.2) is 24.3 Å². The highest BCUT2D eigenvalue weighted by Crippen LogP contribution is 2.25. The number of carboxylic acid groups (broad SMARTS) is 1. The predicted octanol–water partition coefficient (Wildman–Crippen LogP) is 1.44. The van der Waals surface area contributed by atoms with E-state index in [0.29, 0.717) is 24.3 Å². The van der Waals surface area contributed by atoms with E-state index in [1.54, 1.807) is 24.3 Å². The number of carbonyl (C=O) groups is 2. The molecule has 0 heterocycles. The van der Waals surface area contributed by atoms with Crippen LogP contribution in [0.1, 0.15) is 19.8 Å². The van der Waals surface area contributed by atoms with Crippen molar-refractivity contribution in [3.8, 4) is 11.5 Å². The molecule has 2 N–H and O–H groups in total. The van der Waals surface area contributed by atoms with E-state index in [1.807, 2.05) is 6.92 Å². The third-order valence-corrected chi connectivity index (χ3v) is 2.64. The van der Waals surface area contributed by atoms with Gasteiger partial charge in [-0.05, 0) is 18.6 Å². The number of hydrogen-bond acceptors (Lipinski definition) is 4. The fourth-order valence-electron chi connectivity index (χ4n) is 1.66. The summed E-state index contributed by atoms with van der Waals surface area (Å²) in [6.45, 7) is 1.60. The number of benzene rings is 1. The molecule has 0 aliphatic heterocycles. The van der Waals surface area contributed by atoms with Crippen LogP contribution in [0.3, 0.4) is 0 Å². The monoisotopic (exact) mass is 281 g/mol. The van der Waals surface area contributed by atoms with Crippen molar-refractivity contribution in [1.29, 1.82) is 0 Å². The van der Waals surface area contributed by atoms with Crippen LogP contribution < -0.4 is 14.8 Å². The molecular weight excluding hydrogens is 262 g/mol. The van der Waals surface area contributed by atoms with E-state index >= 15 is 0 Å². The Labute approximate surface area is 117 Å². The van der Waals surface area contributed by atoms with Crippen molar-refractivity contribution in [2.24, 2.45) is 0 Å². The molecule has 0 radical (unpaired) electrons. The molecule has 0 fully saturated rings. The predicted molar refractivity (Wildman–Crippen MR) is 73.0 cm³/mol. The second-order valence-corrected chi connectivity index (χ2v) is 4.19. The van der Waals surface area contributed by atoms with Crippen molar-refractivity contribution in [2.75, 3.05) is 13.7 Å². The SMILES string of the molecule is CCC[C@H](NC(=O)COc1ccccc1OC)C(=O)O. The van der Waals surface area contributed by atoms with Crippen molar-refractivity contribution in [3.05, 3.63) is 24.3 Å². The Kier molecular flexibility index (Phi) is 6.36. The minimum atomic E-state index is -1.04. The molecule has 0 saturated heterocycles. The van der Waals surface area contributed by atoms with Gasteiger partial charge >= 0.3 is 5.97 Å². The summed E-state index contributed by atoms with van der Waals surface area (Å²) in [5.74, 6) is -0.564. The number of aliphatic carboxylic acids is 1. The Hall–Kier alpha value is -2.24. The summed E-state index contributed by atoms with van der Waals surface area (Å²) in [7, 11) is 1.50. The van der Waals surface area contributed by atoms with E-state index in [9.17, 15) is 9.59 Å². The first-order valence-electron chi connectivity index (χ1n) is 6.36. The standard InChI is InChI=1S/C14H19NO5/c1-3-6-10(14(17)18)15-13(16)9-20-12-8-5-4-7-11(12)19-2/h4-5,7-8,10H,3,6,9H2,1-2H3,(H,15,16)(H,17,18)/t10-/m0/s1. The zero-order valence-electron chi connectivity index (χ0n) is 11.6. The fourth-order valence-corrected chi connectivity index (χ4v) is 1.66. The van der Waals surface area contributed by atoms with Crippen LogP contribution in [-0.4, -0.2) is 36.7 Å². The third-order valence-electron chi connectivity index (χ3n) is 2.64. The van der Waals surface area contributed by atoms with E-state index < -0.39 is 17.9 Å². The molecule has 1 aromatic carbocycles. The van der Waals surface area contributed by atoms with Gasteiger partial charge in [-0.2, -0.15) is 0 Å². The van der Waals surface area contributed by atoms with E-state index in [4.69, 9.17) is 14.6 Å². The van der Waals surface area contributed by atoms with Crippen LogP contribution in [0, 0.1) is 0 Å². The van der Waals surface area contributed by atoms with Gasteiger partial charge in [-0.15, -0.1) is 0 Å². The van der Waals surface area contributed by atoms with Crippen LogP contribution >= 0.6 is 0 Å². The summed E-state index contributed by atoms with van der Waals surface area (Å²) in [5.41, 5.74) is 0. The summed E-state index contributed by atoms with van der Waals surface area (Å²) in [6, 6.07) is 6.05. The summed E-state index contributed by atoms with van der Waals surface area (Å²) in [5, 5.41) is 11.4. The topological polar surface area (TPSA) is 84.9 Å². The number of para-hydroxylation sites is 2. The van der Waals surface area contributed by atoms with Crippen LogP contribution in [0.25, 0.3) is 0 Å². The van der Waals surface area contributed by atoms with Crippen molar-refractivity contribution < 1.29 is 24.2 Å². The summed E-state index contributed by atoms with van der Waals surface area (Å²) in [6.07, 6.45) is 1.06. The van der Waals surface area contributed by atoms with E-state index in [1.165, 1.54) is 7.11 Å². The molecule has 1 rings (SSSR count). The highest BCUT2D eigenvalue weighted by Gasteiger charge is 2.19. The molecule has 0 saturated carbocycles. The van der Waals surface area contributed by atoms with Gasteiger partial charge in [-0.1, -0.05) is 25.5 Å². The molecule has 0 aliphatic carbocycles.